The van der Waals surface area contributed by atoms with Gasteiger partial charge in [-0.2, -0.15) is 0 Å². The Bertz CT molecular complexity index is 475. The van der Waals surface area contributed by atoms with Crippen molar-refractivity contribution in [3.63, 3.8) is 0 Å². The van der Waals surface area contributed by atoms with Gasteiger partial charge in [-0.15, -0.1) is 0 Å². The Balaban J connectivity index is 2.23. The number of aromatic nitrogens is 1. The molecule has 0 bridgehead atoms. The molecule has 0 aliphatic heterocycles. The molecule has 2 aromatic rings. The van der Waals surface area contributed by atoms with Crippen molar-refractivity contribution in [3.05, 3.63) is 53.9 Å². The van der Waals surface area contributed by atoms with Crippen LogP contribution in [0.3, 0.4) is 0 Å². The van der Waals surface area contributed by atoms with Gasteiger partial charge in [0.1, 0.15) is 0 Å². The van der Waals surface area contributed by atoms with Crippen LogP contribution < -0.4 is 5.32 Å². The molecule has 2 rings (SSSR count). The maximum atomic E-state index is 4.30. The van der Waals surface area contributed by atoms with Crippen molar-refractivity contribution in [3.8, 4) is 11.1 Å². The lowest BCUT2D eigenvalue weighted by molar-refractivity contribution is 0.724. The highest BCUT2D eigenvalue weighted by Gasteiger charge is 1.99. The number of rotatable bonds is 4. The number of hydrogen-bond acceptors (Lipinski definition) is 2. The van der Waals surface area contributed by atoms with E-state index in [2.05, 4.69) is 54.5 Å². The third-order valence-corrected chi connectivity index (χ3v) is 2.76. The van der Waals surface area contributed by atoms with Crippen LogP contribution in [0.1, 0.15) is 18.1 Å². The second-order valence-electron chi connectivity index (χ2n) is 4.23. The molecule has 88 valence electrons. The zero-order valence-electron chi connectivity index (χ0n) is 10.4. The van der Waals surface area contributed by atoms with Gasteiger partial charge in [-0.25, -0.2) is 0 Å². The summed E-state index contributed by atoms with van der Waals surface area (Å²) in [6, 6.07) is 10.7. The van der Waals surface area contributed by atoms with E-state index in [0.29, 0.717) is 0 Å². The molecule has 0 atom stereocenters. The van der Waals surface area contributed by atoms with Crippen LogP contribution in [0, 0.1) is 6.92 Å². The van der Waals surface area contributed by atoms with E-state index in [1.54, 1.807) is 0 Å². The molecule has 2 heteroatoms. The molecule has 2 nitrogen and oxygen atoms in total. The summed E-state index contributed by atoms with van der Waals surface area (Å²) in [5, 5.41) is 3.31. The number of nitrogens with zero attached hydrogens (tertiary/aromatic N) is 1. The minimum Gasteiger partial charge on any atom is -0.313 e. The van der Waals surface area contributed by atoms with Gasteiger partial charge in [-0.3, -0.25) is 4.98 Å². The van der Waals surface area contributed by atoms with Crippen LogP contribution in [-0.2, 0) is 6.54 Å². The Morgan fingerprint density at radius 1 is 1.06 bits per heavy atom. The van der Waals surface area contributed by atoms with Gasteiger partial charge in [0.25, 0.3) is 0 Å². The van der Waals surface area contributed by atoms with E-state index in [1.165, 1.54) is 22.3 Å². The minimum absolute atomic E-state index is 0.878. The van der Waals surface area contributed by atoms with Crippen LogP contribution in [0.4, 0.5) is 0 Å². The predicted octanol–water partition coefficient (Wildman–Crippen LogP) is 3.17. The Morgan fingerprint density at radius 3 is 2.53 bits per heavy atom. The van der Waals surface area contributed by atoms with Crippen LogP contribution in [0.25, 0.3) is 11.1 Å². The molecule has 0 aliphatic carbocycles. The van der Waals surface area contributed by atoms with Crippen molar-refractivity contribution in [1.82, 2.24) is 10.3 Å². The molecule has 0 saturated carbocycles. The lowest BCUT2D eigenvalue weighted by Gasteiger charge is -2.05. The molecule has 0 radical (unpaired) electrons. The van der Waals surface area contributed by atoms with E-state index in [9.17, 15) is 0 Å². The van der Waals surface area contributed by atoms with Crippen LogP contribution >= 0.6 is 0 Å². The summed E-state index contributed by atoms with van der Waals surface area (Å²) < 4.78 is 0. The van der Waals surface area contributed by atoms with Gasteiger partial charge in [0.2, 0.25) is 0 Å². The first-order valence-corrected chi connectivity index (χ1v) is 6.01. The topological polar surface area (TPSA) is 24.9 Å². The number of nitrogens with one attached hydrogen (secondary N) is 1. The fourth-order valence-electron chi connectivity index (χ4n) is 1.76. The molecular formula is C15H18N2. The monoisotopic (exact) mass is 226 g/mol. The van der Waals surface area contributed by atoms with Crippen molar-refractivity contribution in [2.24, 2.45) is 0 Å². The number of pyridine rings is 1. The number of aryl methyl sites for hydroxylation is 1. The lowest BCUT2D eigenvalue weighted by Crippen LogP contribution is -2.11. The van der Waals surface area contributed by atoms with E-state index in [1.807, 2.05) is 12.4 Å². The molecule has 0 spiro atoms. The predicted molar refractivity (Wildman–Crippen MR) is 71.8 cm³/mol. The third kappa shape index (κ3) is 3.14. The Kier molecular flexibility index (Phi) is 3.89. The van der Waals surface area contributed by atoms with E-state index < -0.39 is 0 Å². The smallest absolute Gasteiger partial charge is 0.0346 e. The quantitative estimate of drug-likeness (QED) is 0.866. The first-order chi connectivity index (χ1) is 8.29. The molecule has 0 unspecified atom stereocenters. The highest BCUT2D eigenvalue weighted by molar-refractivity contribution is 5.63. The molecule has 0 fully saturated rings. The largest absolute Gasteiger partial charge is 0.313 e. The summed E-state index contributed by atoms with van der Waals surface area (Å²) in [5.74, 6) is 0. The molecule has 1 aromatic heterocycles. The number of benzene rings is 1. The minimum atomic E-state index is 0.878. The highest BCUT2D eigenvalue weighted by Crippen LogP contribution is 2.19. The molecule has 1 aromatic carbocycles. The molecule has 1 N–H and O–H groups in total. The Hall–Kier alpha value is -1.67. The van der Waals surface area contributed by atoms with Gasteiger partial charge in [-0.1, -0.05) is 36.8 Å². The number of hydrogen-bond donors (Lipinski definition) is 1. The van der Waals surface area contributed by atoms with Gasteiger partial charge >= 0.3 is 0 Å². The van der Waals surface area contributed by atoms with Gasteiger partial charge in [0, 0.05) is 24.5 Å². The van der Waals surface area contributed by atoms with Gasteiger partial charge in [-0.05, 0) is 30.7 Å². The van der Waals surface area contributed by atoms with Crippen molar-refractivity contribution in [2.75, 3.05) is 6.54 Å². The molecule has 1 heterocycles. The van der Waals surface area contributed by atoms with E-state index >= 15 is 0 Å². The summed E-state index contributed by atoms with van der Waals surface area (Å²) in [6.45, 7) is 6.07. The van der Waals surface area contributed by atoms with Crippen molar-refractivity contribution in [1.29, 1.82) is 0 Å². The fourth-order valence-corrected chi connectivity index (χ4v) is 1.76. The van der Waals surface area contributed by atoms with E-state index in [-0.39, 0.29) is 0 Å². The summed E-state index contributed by atoms with van der Waals surface area (Å²) >= 11 is 0. The van der Waals surface area contributed by atoms with Crippen LogP contribution in [0.2, 0.25) is 0 Å². The normalized spacial score (nSPS) is 10.5. The fraction of sp³-hybridized carbons (Fsp3) is 0.267. The molecule has 0 aliphatic rings. The lowest BCUT2D eigenvalue weighted by atomic mass is 10.0. The average Bonchev–Trinajstić information content (AvgIpc) is 2.37. The van der Waals surface area contributed by atoms with Crippen molar-refractivity contribution >= 4 is 0 Å². The Morgan fingerprint density at radius 2 is 1.82 bits per heavy atom. The van der Waals surface area contributed by atoms with E-state index in [4.69, 9.17) is 0 Å². The second-order valence-corrected chi connectivity index (χ2v) is 4.23. The van der Waals surface area contributed by atoms with Crippen LogP contribution in [-0.4, -0.2) is 11.5 Å². The zero-order chi connectivity index (χ0) is 12.1. The molecule has 0 amide bonds. The maximum Gasteiger partial charge on any atom is 0.0346 e. The second kappa shape index (κ2) is 5.60. The van der Waals surface area contributed by atoms with Crippen LogP contribution in [0.15, 0.2) is 42.7 Å². The first-order valence-electron chi connectivity index (χ1n) is 6.01. The van der Waals surface area contributed by atoms with Crippen molar-refractivity contribution < 1.29 is 0 Å². The summed E-state index contributed by atoms with van der Waals surface area (Å²) in [5.41, 5.74) is 4.91. The third-order valence-electron chi connectivity index (χ3n) is 2.76. The Labute approximate surface area is 103 Å². The van der Waals surface area contributed by atoms with E-state index in [0.717, 1.165) is 13.1 Å². The maximum absolute atomic E-state index is 4.30. The molecule has 17 heavy (non-hydrogen) atoms. The van der Waals surface area contributed by atoms with Gasteiger partial charge < -0.3 is 5.32 Å². The van der Waals surface area contributed by atoms with Crippen molar-refractivity contribution in [2.45, 2.75) is 20.4 Å². The van der Waals surface area contributed by atoms with Crippen LogP contribution in [0.5, 0.6) is 0 Å². The SMILES string of the molecule is CCNCc1cncc(-c2ccc(C)cc2)c1. The van der Waals surface area contributed by atoms with Gasteiger partial charge in [0.15, 0.2) is 0 Å². The van der Waals surface area contributed by atoms with Gasteiger partial charge in [0.05, 0.1) is 0 Å². The molecular weight excluding hydrogens is 208 g/mol. The zero-order valence-corrected chi connectivity index (χ0v) is 10.4. The summed E-state index contributed by atoms with van der Waals surface area (Å²) in [4.78, 5) is 4.30. The summed E-state index contributed by atoms with van der Waals surface area (Å²) in [6.07, 6.45) is 3.83. The highest BCUT2D eigenvalue weighted by atomic mass is 14.8. The molecule has 0 saturated heterocycles. The first kappa shape index (κ1) is 11.8. The summed E-state index contributed by atoms with van der Waals surface area (Å²) in [7, 11) is 0. The average molecular weight is 226 g/mol. The standard InChI is InChI=1S/C15H18N2/c1-3-16-9-13-8-15(11-17-10-13)14-6-4-12(2)5-7-14/h4-8,10-11,16H,3,9H2,1-2H3.